The molecule has 1 aliphatic rings. The first kappa shape index (κ1) is 14.8. The van der Waals surface area contributed by atoms with Gasteiger partial charge in [0.25, 0.3) is 0 Å². The average molecular weight is 318 g/mol. The monoisotopic (exact) mass is 318 g/mol. The number of aromatic nitrogens is 3. The predicted molar refractivity (Wildman–Crippen MR) is 86.0 cm³/mol. The molecule has 3 rings (SSSR count). The quantitative estimate of drug-likeness (QED) is 0.599. The summed E-state index contributed by atoms with van der Waals surface area (Å²) in [5, 5.41) is 30.6. The topological polar surface area (TPSA) is 86.4 Å². The Morgan fingerprint density at radius 3 is 2.77 bits per heavy atom. The molecule has 0 amide bonds. The summed E-state index contributed by atoms with van der Waals surface area (Å²) in [6.07, 6.45) is 7.39. The lowest BCUT2D eigenvalue weighted by Gasteiger charge is -2.19. The standard InChI is InChI=1S/C15H18N4O2S/c20-12-7-6-11(13(21)8-12)9-16-19-14(17-18-15(19)22)10-4-2-1-3-5-10/h6-10,20-21H,1-5H2,(H,18,22). The smallest absolute Gasteiger partial charge is 0.216 e. The van der Waals surface area contributed by atoms with Crippen LogP contribution >= 0.6 is 12.2 Å². The Morgan fingerprint density at radius 1 is 1.27 bits per heavy atom. The summed E-state index contributed by atoms with van der Waals surface area (Å²) in [6.45, 7) is 0. The van der Waals surface area contributed by atoms with Crippen molar-refractivity contribution in [3.63, 3.8) is 0 Å². The van der Waals surface area contributed by atoms with Crippen molar-refractivity contribution in [1.29, 1.82) is 0 Å². The first-order valence-electron chi connectivity index (χ1n) is 7.39. The molecule has 6 nitrogen and oxygen atoms in total. The number of H-pyrrole nitrogens is 1. The van der Waals surface area contributed by atoms with Crippen LogP contribution in [0.1, 0.15) is 49.4 Å². The number of benzene rings is 1. The maximum absolute atomic E-state index is 9.80. The zero-order chi connectivity index (χ0) is 15.5. The number of aromatic amines is 1. The van der Waals surface area contributed by atoms with E-state index in [0.717, 1.165) is 18.7 Å². The van der Waals surface area contributed by atoms with Crippen molar-refractivity contribution < 1.29 is 10.2 Å². The summed E-state index contributed by atoms with van der Waals surface area (Å²) in [6, 6.07) is 4.37. The highest BCUT2D eigenvalue weighted by molar-refractivity contribution is 7.71. The number of rotatable bonds is 3. The van der Waals surface area contributed by atoms with Crippen LogP contribution in [0.4, 0.5) is 0 Å². The van der Waals surface area contributed by atoms with Crippen molar-refractivity contribution >= 4 is 18.4 Å². The van der Waals surface area contributed by atoms with E-state index in [9.17, 15) is 10.2 Å². The molecule has 0 spiro atoms. The van der Waals surface area contributed by atoms with Crippen LogP contribution in [0.15, 0.2) is 23.3 Å². The van der Waals surface area contributed by atoms with Crippen molar-refractivity contribution in [3.05, 3.63) is 34.4 Å². The van der Waals surface area contributed by atoms with E-state index in [-0.39, 0.29) is 11.5 Å². The highest BCUT2D eigenvalue weighted by atomic mass is 32.1. The minimum Gasteiger partial charge on any atom is -0.508 e. The fraction of sp³-hybridized carbons (Fsp3) is 0.400. The molecular formula is C15H18N4O2S. The van der Waals surface area contributed by atoms with E-state index in [2.05, 4.69) is 15.3 Å². The van der Waals surface area contributed by atoms with E-state index < -0.39 is 0 Å². The number of phenolic OH excluding ortho intramolecular Hbond substituents is 2. The number of nitrogens with zero attached hydrogens (tertiary/aromatic N) is 3. The van der Waals surface area contributed by atoms with Gasteiger partial charge >= 0.3 is 0 Å². The summed E-state index contributed by atoms with van der Waals surface area (Å²) in [5.41, 5.74) is 0.510. The van der Waals surface area contributed by atoms with Gasteiger partial charge in [0.15, 0.2) is 5.82 Å². The molecule has 0 unspecified atom stereocenters. The largest absolute Gasteiger partial charge is 0.508 e. The van der Waals surface area contributed by atoms with Crippen molar-refractivity contribution in [2.45, 2.75) is 38.0 Å². The summed E-state index contributed by atoms with van der Waals surface area (Å²) in [4.78, 5) is 0. The Morgan fingerprint density at radius 2 is 2.05 bits per heavy atom. The van der Waals surface area contributed by atoms with Crippen molar-refractivity contribution in [2.75, 3.05) is 0 Å². The minimum atomic E-state index is -0.0296. The van der Waals surface area contributed by atoms with E-state index in [4.69, 9.17) is 12.2 Å². The molecule has 0 aliphatic heterocycles. The van der Waals surface area contributed by atoms with Crippen LogP contribution in [0.2, 0.25) is 0 Å². The molecular weight excluding hydrogens is 300 g/mol. The van der Waals surface area contributed by atoms with Crippen LogP contribution in [-0.4, -0.2) is 31.3 Å². The van der Waals surface area contributed by atoms with Crippen LogP contribution in [0, 0.1) is 4.77 Å². The zero-order valence-electron chi connectivity index (χ0n) is 12.1. The fourth-order valence-electron chi connectivity index (χ4n) is 2.80. The van der Waals surface area contributed by atoms with Crippen LogP contribution in [0.3, 0.4) is 0 Å². The Labute approximate surface area is 133 Å². The highest BCUT2D eigenvalue weighted by Gasteiger charge is 2.21. The third kappa shape index (κ3) is 3.04. The number of hydrogen-bond acceptors (Lipinski definition) is 5. The van der Waals surface area contributed by atoms with E-state index in [1.54, 1.807) is 10.7 Å². The third-order valence-corrected chi connectivity index (χ3v) is 4.24. The molecule has 1 heterocycles. The number of hydrogen-bond donors (Lipinski definition) is 3. The maximum Gasteiger partial charge on any atom is 0.216 e. The maximum atomic E-state index is 9.80. The number of aromatic hydroxyl groups is 2. The first-order valence-corrected chi connectivity index (χ1v) is 7.79. The Bertz CT molecular complexity index is 744. The van der Waals surface area contributed by atoms with Gasteiger partial charge in [-0.05, 0) is 37.2 Å². The normalized spacial score (nSPS) is 16.4. The third-order valence-electron chi connectivity index (χ3n) is 3.97. The molecule has 0 radical (unpaired) electrons. The van der Waals surface area contributed by atoms with Crippen LogP contribution in [-0.2, 0) is 0 Å². The molecule has 1 fully saturated rings. The molecule has 1 aliphatic carbocycles. The average Bonchev–Trinajstić information content (AvgIpc) is 2.88. The summed E-state index contributed by atoms with van der Waals surface area (Å²) < 4.78 is 2.06. The number of phenols is 2. The second kappa shape index (κ2) is 6.31. The summed E-state index contributed by atoms with van der Waals surface area (Å²) >= 11 is 5.24. The van der Waals surface area contributed by atoms with Crippen molar-refractivity contribution in [1.82, 2.24) is 14.9 Å². The van der Waals surface area contributed by atoms with Gasteiger partial charge in [-0.1, -0.05) is 19.3 Å². The predicted octanol–water partition coefficient (Wildman–Crippen LogP) is 3.28. The van der Waals surface area contributed by atoms with E-state index in [1.807, 2.05) is 0 Å². The minimum absolute atomic E-state index is 0.0115. The van der Waals surface area contributed by atoms with E-state index in [0.29, 0.717) is 16.3 Å². The highest BCUT2D eigenvalue weighted by Crippen LogP contribution is 2.31. The molecule has 0 atom stereocenters. The fourth-order valence-corrected chi connectivity index (χ4v) is 2.99. The van der Waals surface area contributed by atoms with Gasteiger partial charge in [0.2, 0.25) is 4.77 Å². The van der Waals surface area contributed by atoms with Crippen LogP contribution in [0.25, 0.3) is 0 Å². The molecule has 1 aromatic carbocycles. The van der Waals surface area contributed by atoms with Gasteiger partial charge in [-0.25, -0.2) is 0 Å². The Balaban J connectivity index is 1.90. The molecule has 3 N–H and O–H groups in total. The number of nitrogens with one attached hydrogen (secondary N) is 1. The molecule has 2 aromatic rings. The van der Waals surface area contributed by atoms with Gasteiger partial charge in [-0.2, -0.15) is 14.9 Å². The molecule has 0 bridgehead atoms. The van der Waals surface area contributed by atoms with Gasteiger partial charge in [0.05, 0.1) is 6.21 Å². The lowest BCUT2D eigenvalue weighted by atomic mass is 9.89. The lowest BCUT2D eigenvalue weighted by Crippen LogP contribution is -2.10. The Hall–Kier alpha value is -2.15. The molecule has 0 saturated heterocycles. The second-order valence-corrected chi connectivity index (χ2v) is 5.91. The van der Waals surface area contributed by atoms with Crippen LogP contribution < -0.4 is 0 Å². The lowest BCUT2D eigenvalue weighted by molar-refractivity contribution is 0.419. The van der Waals surface area contributed by atoms with Gasteiger partial charge in [0, 0.05) is 17.5 Å². The van der Waals surface area contributed by atoms with Crippen LogP contribution in [0.5, 0.6) is 11.5 Å². The van der Waals surface area contributed by atoms with E-state index in [1.165, 1.54) is 37.6 Å². The molecule has 22 heavy (non-hydrogen) atoms. The zero-order valence-corrected chi connectivity index (χ0v) is 12.9. The van der Waals surface area contributed by atoms with Crippen molar-refractivity contribution in [2.24, 2.45) is 5.10 Å². The van der Waals surface area contributed by atoms with E-state index >= 15 is 0 Å². The molecule has 1 aromatic heterocycles. The second-order valence-electron chi connectivity index (χ2n) is 5.52. The molecule has 7 heteroatoms. The van der Waals surface area contributed by atoms with Gasteiger partial charge in [-0.3, -0.25) is 5.10 Å². The molecule has 1 saturated carbocycles. The molecule has 116 valence electrons. The van der Waals surface area contributed by atoms with Gasteiger partial charge in [0.1, 0.15) is 11.5 Å². The first-order chi connectivity index (χ1) is 10.6. The summed E-state index contributed by atoms with van der Waals surface area (Å²) in [5.74, 6) is 1.20. The van der Waals surface area contributed by atoms with Gasteiger partial charge < -0.3 is 10.2 Å². The van der Waals surface area contributed by atoms with Crippen molar-refractivity contribution in [3.8, 4) is 11.5 Å². The Kier molecular flexibility index (Phi) is 4.24. The van der Waals surface area contributed by atoms with Gasteiger partial charge in [-0.15, -0.1) is 0 Å². The summed E-state index contributed by atoms with van der Waals surface area (Å²) in [7, 11) is 0. The SMILES string of the molecule is Oc1ccc(C=Nn2c(C3CCCCC3)n[nH]c2=S)c(O)c1.